The highest BCUT2D eigenvalue weighted by Gasteiger charge is 2.19. The molecule has 0 radical (unpaired) electrons. The first-order chi connectivity index (χ1) is 14.3. The molecule has 0 fully saturated rings. The fourth-order valence-electron chi connectivity index (χ4n) is 3.49. The van der Waals surface area contributed by atoms with Crippen LogP contribution >= 0.6 is 0 Å². The molecule has 152 valence electrons. The van der Waals surface area contributed by atoms with Gasteiger partial charge in [-0.15, -0.1) is 0 Å². The van der Waals surface area contributed by atoms with Gasteiger partial charge >= 0.3 is 0 Å². The Hall–Kier alpha value is -3.67. The molecule has 2 N–H and O–H groups in total. The smallest absolute Gasteiger partial charge is 0.230 e. The summed E-state index contributed by atoms with van der Waals surface area (Å²) in [7, 11) is 0. The van der Waals surface area contributed by atoms with Crippen LogP contribution < -0.4 is 5.32 Å². The molecule has 0 bridgehead atoms. The van der Waals surface area contributed by atoms with Crippen molar-refractivity contribution < 1.29 is 14.3 Å². The number of pyridine rings is 1. The molecule has 2 aromatic heterocycles. The van der Waals surface area contributed by atoms with E-state index in [2.05, 4.69) is 5.32 Å². The molecule has 30 heavy (non-hydrogen) atoms. The molecule has 0 aliphatic heterocycles. The van der Waals surface area contributed by atoms with Crippen molar-refractivity contribution in [1.82, 2.24) is 9.38 Å². The normalized spacial score (nSPS) is 11.1. The number of carbonyl (C=O) groups excluding carboxylic acids is 1. The zero-order valence-corrected chi connectivity index (χ0v) is 17.0. The van der Waals surface area contributed by atoms with Gasteiger partial charge in [-0.25, -0.2) is 9.37 Å². The molecule has 1 amide bonds. The molecule has 2 heterocycles. The summed E-state index contributed by atoms with van der Waals surface area (Å²) in [6, 6.07) is 13.7. The molecule has 0 aliphatic carbocycles. The molecule has 4 rings (SSSR count). The molecule has 0 saturated carbocycles. The Balaban J connectivity index is 1.76. The molecule has 5 nitrogen and oxygen atoms in total. The van der Waals surface area contributed by atoms with E-state index >= 15 is 0 Å². The number of halogens is 1. The topological polar surface area (TPSA) is 66.6 Å². The van der Waals surface area contributed by atoms with Gasteiger partial charge in [-0.1, -0.05) is 12.1 Å². The lowest BCUT2D eigenvalue weighted by molar-refractivity contribution is -0.115. The summed E-state index contributed by atoms with van der Waals surface area (Å²) in [5.74, 6) is -0.552. The number of aromatic hydroxyl groups is 1. The molecule has 0 unspecified atom stereocenters. The van der Waals surface area contributed by atoms with Gasteiger partial charge in [-0.2, -0.15) is 0 Å². The van der Waals surface area contributed by atoms with E-state index in [1.807, 2.05) is 36.6 Å². The van der Waals surface area contributed by atoms with Crippen molar-refractivity contribution in [1.29, 1.82) is 0 Å². The van der Waals surface area contributed by atoms with Gasteiger partial charge in [0, 0.05) is 11.8 Å². The van der Waals surface area contributed by atoms with E-state index in [0.29, 0.717) is 28.3 Å². The number of carbonyl (C=O) groups is 1. The van der Waals surface area contributed by atoms with E-state index in [-0.39, 0.29) is 23.9 Å². The van der Waals surface area contributed by atoms with Crippen molar-refractivity contribution in [2.75, 3.05) is 5.32 Å². The van der Waals surface area contributed by atoms with Gasteiger partial charge in [0.2, 0.25) is 5.91 Å². The number of hydrogen-bond acceptors (Lipinski definition) is 3. The van der Waals surface area contributed by atoms with Gasteiger partial charge in [-0.3, -0.25) is 4.79 Å². The predicted molar refractivity (Wildman–Crippen MR) is 115 cm³/mol. The maximum Gasteiger partial charge on any atom is 0.230 e. The first kappa shape index (κ1) is 19.6. The van der Waals surface area contributed by atoms with Crippen molar-refractivity contribution >= 4 is 17.2 Å². The second-order valence-electron chi connectivity index (χ2n) is 7.55. The van der Waals surface area contributed by atoms with Crippen LogP contribution in [0.1, 0.15) is 22.4 Å². The third-order valence-electron chi connectivity index (χ3n) is 5.05. The van der Waals surface area contributed by atoms with Gasteiger partial charge in [0.05, 0.1) is 23.5 Å². The molecule has 0 spiro atoms. The van der Waals surface area contributed by atoms with Crippen molar-refractivity contribution in [3.05, 3.63) is 82.9 Å². The SMILES string of the molecule is Cc1ccc(O)c(NC(=O)Cc2c(-c3ccc(F)c(C)c3)nc3ccc(C)cn23)c1. The molecule has 0 aliphatic rings. The highest BCUT2D eigenvalue weighted by atomic mass is 19.1. The number of aryl methyl sites for hydroxylation is 3. The number of fused-ring (bicyclic) bond motifs is 1. The fourth-order valence-corrected chi connectivity index (χ4v) is 3.49. The third kappa shape index (κ3) is 3.76. The standard InChI is InChI=1S/C24H22FN3O2/c1-14-4-8-21(29)19(10-14)26-23(30)12-20-24(17-6-7-18(25)16(3)11-17)27-22-9-5-15(2)13-28(20)22/h4-11,13,29H,12H2,1-3H3,(H,26,30). The van der Waals surface area contributed by atoms with E-state index in [9.17, 15) is 14.3 Å². The maximum absolute atomic E-state index is 13.8. The number of anilines is 1. The Morgan fingerprint density at radius 1 is 1.07 bits per heavy atom. The minimum absolute atomic E-state index is 0.0114. The lowest BCUT2D eigenvalue weighted by Crippen LogP contribution is -2.16. The van der Waals surface area contributed by atoms with Crippen LogP contribution in [0.5, 0.6) is 5.75 Å². The lowest BCUT2D eigenvalue weighted by Gasteiger charge is -2.10. The van der Waals surface area contributed by atoms with Crippen LogP contribution in [-0.2, 0) is 11.2 Å². The highest BCUT2D eigenvalue weighted by Crippen LogP contribution is 2.28. The Morgan fingerprint density at radius 2 is 1.83 bits per heavy atom. The summed E-state index contributed by atoms with van der Waals surface area (Å²) in [6.45, 7) is 5.55. The third-order valence-corrected chi connectivity index (χ3v) is 5.05. The molecule has 4 aromatic rings. The van der Waals surface area contributed by atoms with Crippen LogP contribution in [0.3, 0.4) is 0 Å². The lowest BCUT2D eigenvalue weighted by atomic mass is 10.1. The second kappa shape index (κ2) is 7.63. The van der Waals surface area contributed by atoms with E-state index in [0.717, 1.165) is 16.7 Å². The quantitative estimate of drug-likeness (QED) is 0.474. The molecule has 2 aromatic carbocycles. The first-order valence-electron chi connectivity index (χ1n) is 9.65. The number of nitrogens with zero attached hydrogens (tertiary/aromatic N) is 2. The summed E-state index contributed by atoms with van der Waals surface area (Å²) in [5.41, 5.74) is 5.62. The van der Waals surface area contributed by atoms with Crippen molar-refractivity contribution in [2.24, 2.45) is 0 Å². The van der Waals surface area contributed by atoms with Crippen molar-refractivity contribution in [2.45, 2.75) is 27.2 Å². The number of rotatable bonds is 4. The van der Waals surface area contributed by atoms with E-state index in [1.165, 1.54) is 6.07 Å². The van der Waals surface area contributed by atoms with E-state index < -0.39 is 0 Å². The molecule has 6 heteroatoms. The highest BCUT2D eigenvalue weighted by molar-refractivity contribution is 5.94. The number of amides is 1. The number of phenolic OH excluding ortho intramolecular Hbond substituents is 1. The summed E-state index contributed by atoms with van der Waals surface area (Å²) in [4.78, 5) is 17.6. The van der Waals surface area contributed by atoms with Gasteiger partial charge in [-0.05, 0) is 73.9 Å². The van der Waals surface area contributed by atoms with Crippen LogP contribution in [0.2, 0.25) is 0 Å². The number of aromatic nitrogens is 2. The Labute approximate surface area is 173 Å². The van der Waals surface area contributed by atoms with Crippen LogP contribution in [0.15, 0.2) is 54.7 Å². The van der Waals surface area contributed by atoms with Crippen LogP contribution in [-0.4, -0.2) is 20.4 Å². The molecular formula is C24H22FN3O2. The number of benzene rings is 2. The monoisotopic (exact) mass is 403 g/mol. The summed E-state index contributed by atoms with van der Waals surface area (Å²) < 4.78 is 15.7. The fraction of sp³-hybridized carbons (Fsp3) is 0.167. The Kier molecular flexibility index (Phi) is 4.99. The minimum Gasteiger partial charge on any atom is -0.506 e. The number of nitrogens with one attached hydrogen (secondary N) is 1. The summed E-state index contributed by atoms with van der Waals surface area (Å²) >= 11 is 0. The average Bonchev–Trinajstić information content (AvgIpc) is 3.04. The van der Waals surface area contributed by atoms with E-state index in [1.54, 1.807) is 37.3 Å². The van der Waals surface area contributed by atoms with Gasteiger partial charge < -0.3 is 14.8 Å². The van der Waals surface area contributed by atoms with Gasteiger partial charge in [0.1, 0.15) is 17.2 Å². The summed E-state index contributed by atoms with van der Waals surface area (Å²) in [6.07, 6.45) is 1.97. The first-order valence-corrected chi connectivity index (χ1v) is 9.65. The molecule has 0 atom stereocenters. The minimum atomic E-state index is -0.285. The summed E-state index contributed by atoms with van der Waals surface area (Å²) in [5, 5.41) is 12.8. The van der Waals surface area contributed by atoms with Crippen LogP contribution in [0.4, 0.5) is 10.1 Å². The largest absolute Gasteiger partial charge is 0.506 e. The Morgan fingerprint density at radius 3 is 2.60 bits per heavy atom. The predicted octanol–water partition coefficient (Wildman–Crippen LogP) is 4.95. The van der Waals surface area contributed by atoms with Crippen LogP contribution in [0, 0.1) is 26.6 Å². The van der Waals surface area contributed by atoms with Crippen molar-refractivity contribution in [3.8, 4) is 17.0 Å². The Bertz CT molecular complexity index is 1280. The van der Waals surface area contributed by atoms with Gasteiger partial charge in [0.25, 0.3) is 0 Å². The number of phenols is 1. The zero-order chi connectivity index (χ0) is 21.4. The van der Waals surface area contributed by atoms with Crippen molar-refractivity contribution in [3.63, 3.8) is 0 Å². The second-order valence-corrected chi connectivity index (χ2v) is 7.55. The number of hydrogen-bond donors (Lipinski definition) is 2. The average molecular weight is 403 g/mol. The number of imidazole rings is 1. The van der Waals surface area contributed by atoms with E-state index in [4.69, 9.17) is 4.98 Å². The van der Waals surface area contributed by atoms with Crippen LogP contribution in [0.25, 0.3) is 16.9 Å². The zero-order valence-electron chi connectivity index (χ0n) is 17.0. The van der Waals surface area contributed by atoms with Gasteiger partial charge in [0.15, 0.2) is 0 Å². The molecule has 0 saturated heterocycles. The molecular weight excluding hydrogens is 381 g/mol. The maximum atomic E-state index is 13.8.